The maximum Gasteiger partial charge on any atom is 0.298 e. The lowest BCUT2D eigenvalue weighted by Gasteiger charge is -2.06. The van der Waals surface area contributed by atoms with Gasteiger partial charge >= 0.3 is 0 Å². The number of rotatable bonds is 6. The molecule has 0 saturated heterocycles. The third-order valence-corrected chi connectivity index (χ3v) is 3.45. The zero-order valence-corrected chi connectivity index (χ0v) is 13.6. The van der Waals surface area contributed by atoms with Crippen molar-refractivity contribution in [2.45, 2.75) is 12.8 Å². The first-order valence-corrected chi connectivity index (χ1v) is 7.60. The number of anilines is 1. The molecule has 0 bridgehead atoms. The first-order chi connectivity index (χ1) is 12.9. The summed E-state index contributed by atoms with van der Waals surface area (Å²) in [6.07, 6.45) is 2.96. The van der Waals surface area contributed by atoms with Gasteiger partial charge in [0.15, 0.2) is 17.3 Å². The smallest absolute Gasteiger partial charge is 0.298 e. The number of nitrogens with zero attached hydrogens (tertiary/aromatic N) is 4. The minimum atomic E-state index is -1.24. The van der Waals surface area contributed by atoms with Crippen molar-refractivity contribution in [3.05, 3.63) is 64.2 Å². The maximum atomic E-state index is 13.8. The molecule has 27 heavy (non-hydrogen) atoms. The van der Waals surface area contributed by atoms with Crippen LogP contribution in [0.2, 0.25) is 0 Å². The number of aromatic nitrogens is 3. The highest BCUT2D eigenvalue weighted by Gasteiger charge is 2.22. The van der Waals surface area contributed by atoms with Gasteiger partial charge in [-0.25, -0.2) is 8.78 Å². The van der Waals surface area contributed by atoms with E-state index in [-0.39, 0.29) is 24.6 Å². The van der Waals surface area contributed by atoms with Gasteiger partial charge in [0.25, 0.3) is 11.6 Å². The Morgan fingerprint density at radius 2 is 2.15 bits per heavy atom. The van der Waals surface area contributed by atoms with Gasteiger partial charge in [-0.1, -0.05) is 5.16 Å². The Hall–Kier alpha value is -3.76. The second kappa shape index (κ2) is 7.64. The lowest BCUT2D eigenvalue weighted by atomic mass is 10.2. The molecule has 11 heteroatoms. The van der Waals surface area contributed by atoms with Crippen molar-refractivity contribution >= 4 is 17.3 Å². The van der Waals surface area contributed by atoms with Crippen LogP contribution in [0, 0.1) is 21.7 Å². The Balaban J connectivity index is 1.66. The normalized spacial score (nSPS) is 10.6. The molecule has 0 fully saturated rings. The molecule has 0 spiro atoms. The van der Waals surface area contributed by atoms with Crippen molar-refractivity contribution in [3.63, 3.8) is 0 Å². The predicted molar refractivity (Wildman–Crippen MR) is 87.5 cm³/mol. The zero-order valence-electron chi connectivity index (χ0n) is 13.6. The van der Waals surface area contributed by atoms with Gasteiger partial charge in [-0.15, -0.1) is 0 Å². The highest BCUT2D eigenvalue weighted by atomic mass is 19.1. The number of hydrogen-bond donors (Lipinski definition) is 1. The number of carbonyl (C=O) groups is 1. The SMILES string of the molecule is O=C(CCc1noc(-c2cccnc2)n1)Nc1c(F)cc(F)cc1[N+](=O)[O-]. The van der Waals surface area contributed by atoms with Gasteiger partial charge < -0.3 is 9.84 Å². The second-order valence-electron chi connectivity index (χ2n) is 5.34. The first-order valence-electron chi connectivity index (χ1n) is 7.60. The molecule has 2 aromatic heterocycles. The van der Waals surface area contributed by atoms with Crippen LogP contribution in [0.4, 0.5) is 20.2 Å². The fraction of sp³-hybridized carbons (Fsp3) is 0.125. The quantitative estimate of drug-likeness (QED) is 0.519. The molecule has 0 atom stereocenters. The van der Waals surface area contributed by atoms with Crippen molar-refractivity contribution in [2.24, 2.45) is 0 Å². The molecule has 0 aliphatic rings. The summed E-state index contributed by atoms with van der Waals surface area (Å²) in [6.45, 7) is 0. The van der Waals surface area contributed by atoms with E-state index in [1.807, 2.05) is 0 Å². The van der Waals surface area contributed by atoms with Crippen molar-refractivity contribution in [1.29, 1.82) is 0 Å². The van der Waals surface area contributed by atoms with Crippen molar-refractivity contribution in [2.75, 3.05) is 5.32 Å². The summed E-state index contributed by atoms with van der Waals surface area (Å²) in [4.78, 5) is 29.9. The molecule has 2 heterocycles. The van der Waals surface area contributed by atoms with Crippen LogP contribution in [-0.2, 0) is 11.2 Å². The fourth-order valence-electron chi connectivity index (χ4n) is 2.22. The zero-order chi connectivity index (χ0) is 19.4. The average molecular weight is 375 g/mol. The van der Waals surface area contributed by atoms with Gasteiger partial charge in [0, 0.05) is 31.3 Å². The van der Waals surface area contributed by atoms with Gasteiger partial charge in [0.2, 0.25) is 5.91 Å². The van der Waals surface area contributed by atoms with Crippen molar-refractivity contribution in [3.8, 4) is 11.5 Å². The molecule has 3 rings (SSSR count). The van der Waals surface area contributed by atoms with Crippen LogP contribution in [0.25, 0.3) is 11.5 Å². The van der Waals surface area contributed by atoms with E-state index in [0.717, 1.165) is 0 Å². The van der Waals surface area contributed by atoms with Crippen LogP contribution >= 0.6 is 0 Å². The Bertz CT molecular complexity index is 994. The fourth-order valence-corrected chi connectivity index (χ4v) is 2.22. The number of nitro benzene ring substituents is 1. The van der Waals surface area contributed by atoms with Crippen LogP contribution in [-0.4, -0.2) is 26.0 Å². The monoisotopic (exact) mass is 375 g/mol. The Morgan fingerprint density at radius 1 is 1.33 bits per heavy atom. The summed E-state index contributed by atoms with van der Waals surface area (Å²) in [5.41, 5.74) is -0.973. The summed E-state index contributed by atoms with van der Waals surface area (Å²) in [6, 6.07) is 4.38. The van der Waals surface area contributed by atoms with Crippen LogP contribution in [0.15, 0.2) is 41.2 Å². The molecule has 1 N–H and O–H groups in total. The van der Waals surface area contributed by atoms with E-state index in [1.54, 1.807) is 18.3 Å². The maximum absolute atomic E-state index is 13.8. The standard InChI is InChI=1S/C16H11F2N5O4/c17-10-6-11(18)15(12(7-10)23(25)26)21-14(24)4-3-13-20-16(27-22-13)9-2-1-5-19-8-9/h1-2,5-8H,3-4H2,(H,21,24). The molecule has 0 aliphatic carbocycles. The number of pyridine rings is 1. The number of nitro groups is 1. The van der Waals surface area contributed by atoms with Crippen molar-refractivity contribution < 1.29 is 23.0 Å². The third kappa shape index (κ3) is 4.26. The lowest BCUT2D eigenvalue weighted by Crippen LogP contribution is -2.15. The number of carbonyl (C=O) groups excluding carboxylic acids is 1. The number of aryl methyl sites for hydroxylation is 1. The number of benzene rings is 1. The Labute approximate surface area is 150 Å². The summed E-state index contributed by atoms with van der Waals surface area (Å²) in [5.74, 6) is -2.64. The van der Waals surface area contributed by atoms with E-state index in [9.17, 15) is 23.7 Å². The predicted octanol–water partition coefficient (Wildman–Crippen LogP) is 2.89. The molecule has 0 saturated carbocycles. The van der Waals surface area contributed by atoms with E-state index in [4.69, 9.17) is 4.52 Å². The topological polar surface area (TPSA) is 124 Å². The third-order valence-electron chi connectivity index (χ3n) is 3.45. The molecule has 9 nitrogen and oxygen atoms in total. The molecule has 138 valence electrons. The van der Waals surface area contributed by atoms with E-state index in [1.165, 1.54) is 6.20 Å². The minimum Gasteiger partial charge on any atom is -0.334 e. The number of hydrogen-bond acceptors (Lipinski definition) is 7. The molecule has 1 amide bonds. The first kappa shape index (κ1) is 18.0. The molecule has 0 unspecified atom stereocenters. The number of amides is 1. The Morgan fingerprint density at radius 3 is 2.85 bits per heavy atom. The van der Waals surface area contributed by atoms with Gasteiger partial charge in [-0.3, -0.25) is 19.9 Å². The van der Waals surface area contributed by atoms with E-state index in [2.05, 4.69) is 20.4 Å². The summed E-state index contributed by atoms with van der Waals surface area (Å²) in [5, 5.41) is 16.7. The van der Waals surface area contributed by atoms with Gasteiger partial charge in [-0.05, 0) is 12.1 Å². The molecule has 0 radical (unpaired) electrons. The van der Waals surface area contributed by atoms with E-state index < -0.39 is 33.8 Å². The Kier molecular flexibility index (Phi) is 5.11. The molecular weight excluding hydrogens is 364 g/mol. The van der Waals surface area contributed by atoms with E-state index >= 15 is 0 Å². The van der Waals surface area contributed by atoms with Gasteiger partial charge in [0.1, 0.15) is 5.82 Å². The van der Waals surface area contributed by atoms with E-state index in [0.29, 0.717) is 17.7 Å². The molecule has 0 aliphatic heterocycles. The van der Waals surface area contributed by atoms with Crippen molar-refractivity contribution in [1.82, 2.24) is 15.1 Å². The van der Waals surface area contributed by atoms with Gasteiger partial charge in [0.05, 0.1) is 16.6 Å². The molecule has 3 aromatic rings. The highest BCUT2D eigenvalue weighted by molar-refractivity contribution is 5.93. The number of nitrogens with one attached hydrogen (secondary N) is 1. The summed E-state index contributed by atoms with van der Waals surface area (Å²) < 4.78 is 32.0. The molecular formula is C16H11F2N5O4. The highest BCUT2D eigenvalue weighted by Crippen LogP contribution is 2.28. The average Bonchev–Trinajstić information content (AvgIpc) is 3.11. The van der Waals surface area contributed by atoms with Crippen LogP contribution in [0.5, 0.6) is 0 Å². The lowest BCUT2D eigenvalue weighted by molar-refractivity contribution is -0.384. The molecule has 1 aromatic carbocycles. The van der Waals surface area contributed by atoms with Gasteiger partial charge in [-0.2, -0.15) is 4.98 Å². The van der Waals surface area contributed by atoms with Crippen LogP contribution in [0.1, 0.15) is 12.2 Å². The number of halogens is 2. The largest absolute Gasteiger partial charge is 0.334 e. The summed E-state index contributed by atoms with van der Waals surface area (Å²) in [7, 11) is 0. The minimum absolute atomic E-state index is 0.0478. The van der Waals surface area contributed by atoms with Crippen LogP contribution in [0.3, 0.4) is 0 Å². The van der Waals surface area contributed by atoms with Crippen LogP contribution < -0.4 is 5.32 Å². The summed E-state index contributed by atoms with van der Waals surface area (Å²) >= 11 is 0. The second-order valence-corrected chi connectivity index (χ2v) is 5.34.